The van der Waals surface area contributed by atoms with Gasteiger partial charge in [0.1, 0.15) is 0 Å². The van der Waals surface area contributed by atoms with Crippen molar-refractivity contribution < 1.29 is 0 Å². The molecule has 0 atom stereocenters. The second-order valence-corrected chi connectivity index (χ2v) is 3.86. The average Bonchev–Trinajstić information content (AvgIpc) is 2.26. The standard InChI is InChI=1S/C14H21N/c1-3-15-11-7-8-13(2)12-14-9-5-4-6-10-14/h4-6,8-10,15H,3,7,11-12H2,1-2H3. The number of hydrogen-bond acceptors (Lipinski definition) is 1. The van der Waals surface area contributed by atoms with Gasteiger partial charge in [0.15, 0.2) is 0 Å². The summed E-state index contributed by atoms with van der Waals surface area (Å²) in [4.78, 5) is 0. The van der Waals surface area contributed by atoms with E-state index < -0.39 is 0 Å². The minimum absolute atomic E-state index is 1.06. The van der Waals surface area contributed by atoms with Gasteiger partial charge >= 0.3 is 0 Å². The number of nitrogens with one attached hydrogen (secondary N) is 1. The van der Waals surface area contributed by atoms with Crippen LogP contribution in [0.15, 0.2) is 42.0 Å². The molecule has 1 aromatic carbocycles. The van der Waals surface area contributed by atoms with Crippen molar-refractivity contribution in [3.8, 4) is 0 Å². The molecule has 0 heterocycles. The fourth-order valence-electron chi connectivity index (χ4n) is 1.59. The van der Waals surface area contributed by atoms with Crippen LogP contribution in [0, 0.1) is 0 Å². The van der Waals surface area contributed by atoms with Crippen LogP contribution in [0.2, 0.25) is 0 Å². The lowest BCUT2D eigenvalue weighted by Gasteiger charge is -2.02. The zero-order valence-corrected chi connectivity index (χ0v) is 9.79. The lowest BCUT2D eigenvalue weighted by atomic mass is 10.1. The molecule has 1 N–H and O–H groups in total. The highest BCUT2D eigenvalue weighted by molar-refractivity contribution is 5.20. The smallest absolute Gasteiger partial charge is 0.00143 e. The van der Waals surface area contributed by atoms with E-state index in [1.165, 1.54) is 11.1 Å². The molecule has 0 aliphatic carbocycles. The van der Waals surface area contributed by atoms with Crippen LogP contribution in [0.1, 0.15) is 25.8 Å². The SMILES string of the molecule is CCNCCC=C(C)Cc1ccccc1. The molecule has 0 spiro atoms. The van der Waals surface area contributed by atoms with Gasteiger partial charge < -0.3 is 5.32 Å². The van der Waals surface area contributed by atoms with Gasteiger partial charge in [-0.2, -0.15) is 0 Å². The van der Waals surface area contributed by atoms with Crippen LogP contribution < -0.4 is 5.32 Å². The van der Waals surface area contributed by atoms with Gasteiger partial charge in [-0.15, -0.1) is 0 Å². The van der Waals surface area contributed by atoms with E-state index in [2.05, 4.69) is 55.6 Å². The van der Waals surface area contributed by atoms with E-state index in [-0.39, 0.29) is 0 Å². The summed E-state index contributed by atoms with van der Waals surface area (Å²) >= 11 is 0. The Morgan fingerprint density at radius 2 is 2.00 bits per heavy atom. The number of hydrogen-bond donors (Lipinski definition) is 1. The number of benzene rings is 1. The second kappa shape index (κ2) is 7.24. The van der Waals surface area contributed by atoms with E-state index in [0.717, 1.165) is 25.9 Å². The first kappa shape index (κ1) is 12.0. The van der Waals surface area contributed by atoms with E-state index in [4.69, 9.17) is 0 Å². The third kappa shape index (κ3) is 5.38. The monoisotopic (exact) mass is 203 g/mol. The molecule has 0 saturated carbocycles. The topological polar surface area (TPSA) is 12.0 Å². The maximum Gasteiger partial charge on any atom is -0.00143 e. The molecule has 0 amide bonds. The highest BCUT2D eigenvalue weighted by Gasteiger charge is 1.92. The summed E-state index contributed by atoms with van der Waals surface area (Å²) in [6, 6.07) is 10.6. The second-order valence-electron chi connectivity index (χ2n) is 3.86. The first-order chi connectivity index (χ1) is 7.33. The van der Waals surface area contributed by atoms with Crippen LogP contribution in [-0.4, -0.2) is 13.1 Å². The Morgan fingerprint density at radius 3 is 2.67 bits per heavy atom. The summed E-state index contributed by atoms with van der Waals surface area (Å²) in [7, 11) is 0. The zero-order chi connectivity index (χ0) is 10.9. The molecule has 0 aromatic heterocycles. The van der Waals surface area contributed by atoms with Crippen LogP contribution in [-0.2, 0) is 6.42 Å². The van der Waals surface area contributed by atoms with E-state index in [0.29, 0.717) is 0 Å². The van der Waals surface area contributed by atoms with Crippen molar-refractivity contribution in [2.24, 2.45) is 0 Å². The number of rotatable bonds is 6. The minimum Gasteiger partial charge on any atom is -0.317 e. The molecule has 0 fully saturated rings. The Labute approximate surface area is 93.2 Å². The summed E-state index contributed by atoms with van der Waals surface area (Å²) in [6.45, 7) is 6.49. The predicted molar refractivity (Wildman–Crippen MR) is 67.1 cm³/mol. The van der Waals surface area contributed by atoms with Gasteiger partial charge in [0.25, 0.3) is 0 Å². The van der Waals surface area contributed by atoms with Gasteiger partial charge in [-0.25, -0.2) is 0 Å². The molecule has 1 aromatic rings. The van der Waals surface area contributed by atoms with E-state index >= 15 is 0 Å². The van der Waals surface area contributed by atoms with Crippen molar-refractivity contribution in [2.75, 3.05) is 13.1 Å². The molecule has 0 saturated heterocycles. The lowest BCUT2D eigenvalue weighted by Crippen LogP contribution is -2.13. The molecule has 1 heteroatoms. The molecule has 82 valence electrons. The predicted octanol–water partition coefficient (Wildman–Crippen LogP) is 3.18. The Bertz CT molecular complexity index is 287. The molecule has 1 nitrogen and oxygen atoms in total. The van der Waals surface area contributed by atoms with Gasteiger partial charge in [-0.1, -0.05) is 48.9 Å². The van der Waals surface area contributed by atoms with Crippen molar-refractivity contribution in [1.82, 2.24) is 5.32 Å². The van der Waals surface area contributed by atoms with Crippen LogP contribution in [0.3, 0.4) is 0 Å². The molecular weight excluding hydrogens is 182 g/mol. The summed E-state index contributed by atoms with van der Waals surface area (Å²) in [5.41, 5.74) is 2.86. The minimum atomic E-state index is 1.06. The van der Waals surface area contributed by atoms with Gasteiger partial charge in [0.05, 0.1) is 0 Å². The average molecular weight is 203 g/mol. The van der Waals surface area contributed by atoms with E-state index in [9.17, 15) is 0 Å². The molecule has 0 aliphatic heterocycles. The normalized spacial score (nSPS) is 11.7. The van der Waals surface area contributed by atoms with Crippen LogP contribution in [0.4, 0.5) is 0 Å². The van der Waals surface area contributed by atoms with Crippen molar-refractivity contribution >= 4 is 0 Å². The van der Waals surface area contributed by atoms with Crippen molar-refractivity contribution in [2.45, 2.75) is 26.7 Å². The quantitative estimate of drug-likeness (QED) is 0.553. The molecule has 1 rings (SSSR count). The molecular formula is C14H21N. The third-order valence-corrected chi connectivity index (χ3v) is 2.39. The molecule has 15 heavy (non-hydrogen) atoms. The van der Waals surface area contributed by atoms with Gasteiger partial charge in [0.2, 0.25) is 0 Å². The van der Waals surface area contributed by atoms with Crippen molar-refractivity contribution in [1.29, 1.82) is 0 Å². The lowest BCUT2D eigenvalue weighted by molar-refractivity contribution is 0.724. The summed E-state index contributed by atoms with van der Waals surface area (Å²) in [5, 5.41) is 3.32. The molecule has 0 bridgehead atoms. The van der Waals surface area contributed by atoms with Crippen LogP contribution >= 0.6 is 0 Å². The van der Waals surface area contributed by atoms with E-state index in [1.807, 2.05) is 0 Å². The fraction of sp³-hybridized carbons (Fsp3) is 0.429. The van der Waals surface area contributed by atoms with E-state index in [1.54, 1.807) is 0 Å². The van der Waals surface area contributed by atoms with Gasteiger partial charge in [-0.3, -0.25) is 0 Å². The van der Waals surface area contributed by atoms with Gasteiger partial charge in [0, 0.05) is 0 Å². The highest BCUT2D eigenvalue weighted by Crippen LogP contribution is 2.07. The largest absolute Gasteiger partial charge is 0.317 e. The maximum absolute atomic E-state index is 3.32. The van der Waals surface area contributed by atoms with Crippen molar-refractivity contribution in [3.63, 3.8) is 0 Å². The summed E-state index contributed by atoms with van der Waals surface area (Å²) in [6.07, 6.45) is 4.54. The van der Waals surface area contributed by atoms with Gasteiger partial charge in [-0.05, 0) is 38.4 Å². The molecule has 0 aliphatic rings. The summed E-state index contributed by atoms with van der Waals surface area (Å²) in [5.74, 6) is 0. The van der Waals surface area contributed by atoms with Crippen molar-refractivity contribution in [3.05, 3.63) is 47.5 Å². The first-order valence-electron chi connectivity index (χ1n) is 5.73. The number of allylic oxidation sites excluding steroid dienone is 1. The maximum atomic E-state index is 3.32. The van der Waals surface area contributed by atoms with Crippen LogP contribution in [0.25, 0.3) is 0 Å². The van der Waals surface area contributed by atoms with Crippen LogP contribution in [0.5, 0.6) is 0 Å². The molecule has 0 radical (unpaired) electrons. The Hall–Kier alpha value is -1.08. The Kier molecular flexibility index (Phi) is 5.79. The first-order valence-corrected chi connectivity index (χ1v) is 5.73. The summed E-state index contributed by atoms with van der Waals surface area (Å²) < 4.78 is 0. The fourth-order valence-corrected chi connectivity index (χ4v) is 1.59. The Morgan fingerprint density at radius 1 is 1.27 bits per heavy atom. The Balaban J connectivity index is 2.32. The highest BCUT2D eigenvalue weighted by atomic mass is 14.8. The zero-order valence-electron chi connectivity index (χ0n) is 9.79. The third-order valence-electron chi connectivity index (χ3n) is 2.39. The molecule has 0 unspecified atom stereocenters.